The molecule has 0 N–H and O–H groups in total. The minimum atomic E-state index is -1.39. The zero-order valence-electron chi connectivity index (χ0n) is 26.8. The number of carbonyl (C=O) groups is 5. The van der Waals surface area contributed by atoms with E-state index in [0.29, 0.717) is 5.57 Å². The smallest absolute Gasteiger partial charge is 0.305 e. The van der Waals surface area contributed by atoms with Gasteiger partial charge in [0.05, 0.1) is 12.1 Å². The van der Waals surface area contributed by atoms with Gasteiger partial charge in [-0.05, 0) is 25.0 Å². The predicted molar refractivity (Wildman–Crippen MR) is 152 cm³/mol. The molecule has 1 spiro atoms. The zero-order valence-corrected chi connectivity index (χ0v) is 26.8. The van der Waals surface area contributed by atoms with Gasteiger partial charge in [-0.15, -0.1) is 0 Å². The van der Waals surface area contributed by atoms with Crippen molar-refractivity contribution in [3.8, 4) is 0 Å². The van der Waals surface area contributed by atoms with Crippen molar-refractivity contribution in [2.24, 2.45) is 29.1 Å². The molecule has 1 unspecified atom stereocenters. The number of likely N-dealkylation sites (N-methyl/N-ethyl adjacent to an activating group) is 1. The lowest BCUT2D eigenvalue weighted by atomic mass is 9.47. The summed E-state index contributed by atoms with van der Waals surface area (Å²) in [4.78, 5) is 65.1. The maximum absolute atomic E-state index is 13.0. The topological polar surface area (TPSA) is 153 Å². The summed E-state index contributed by atoms with van der Waals surface area (Å²) in [7, 11) is 5.03. The molecule has 13 heteroatoms. The van der Waals surface area contributed by atoms with Crippen LogP contribution in [0.3, 0.4) is 0 Å². The Morgan fingerprint density at radius 1 is 0.844 bits per heavy atom. The lowest BCUT2D eigenvalue weighted by Crippen LogP contribution is -2.75. The quantitative estimate of drug-likeness (QED) is 0.165. The highest BCUT2D eigenvalue weighted by molar-refractivity contribution is 5.71. The molecule has 0 aromatic carbocycles. The molecule has 5 fully saturated rings. The van der Waals surface area contributed by atoms with Gasteiger partial charge in [-0.25, -0.2) is 0 Å². The van der Waals surface area contributed by atoms with Crippen molar-refractivity contribution in [3.63, 3.8) is 0 Å². The van der Waals surface area contributed by atoms with E-state index in [9.17, 15) is 24.0 Å². The second-order valence-corrected chi connectivity index (χ2v) is 13.4. The van der Waals surface area contributed by atoms with E-state index in [0.717, 1.165) is 5.57 Å². The van der Waals surface area contributed by atoms with E-state index in [2.05, 4.69) is 11.5 Å². The van der Waals surface area contributed by atoms with Crippen molar-refractivity contribution >= 4 is 29.8 Å². The third kappa shape index (κ3) is 3.99. The molecule has 12 atom stereocenters. The van der Waals surface area contributed by atoms with Gasteiger partial charge >= 0.3 is 29.8 Å². The number of hydrogen-bond acceptors (Lipinski definition) is 13. The Morgan fingerprint density at radius 2 is 1.44 bits per heavy atom. The first-order valence-electron chi connectivity index (χ1n) is 15.2. The minimum absolute atomic E-state index is 0.171. The summed E-state index contributed by atoms with van der Waals surface area (Å²) in [5, 5.41) is 0. The summed E-state index contributed by atoms with van der Waals surface area (Å²) in [6, 6.07) is -0.799. The molecule has 2 heterocycles. The van der Waals surface area contributed by atoms with Gasteiger partial charge < -0.3 is 33.2 Å². The van der Waals surface area contributed by atoms with Crippen LogP contribution in [0.1, 0.15) is 47.5 Å². The fraction of sp³-hybridized carbons (Fsp3) is 0.719. The Labute approximate surface area is 261 Å². The van der Waals surface area contributed by atoms with E-state index < -0.39 is 94.9 Å². The van der Waals surface area contributed by atoms with Gasteiger partial charge in [-0.1, -0.05) is 12.7 Å². The summed E-state index contributed by atoms with van der Waals surface area (Å²) < 4.78 is 42.2. The van der Waals surface area contributed by atoms with Crippen molar-refractivity contribution in [2.75, 3.05) is 21.3 Å². The molecule has 0 radical (unpaired) electrons. The van der Waals surface area contributed by atoms with E-state index in [1.54, 1.807) is 7.11 Å². The fourth-order valence-electron chi connectivity index (χ4n) is 10.9. The zero-order chi connectivity index (χ0) is 33.0. The summed E-state index contributed by atoms with van der Waals surface area (Å²) >= 11 is 0. The Balaban J connectivity index is 1.67. The van der Waals surface area contributed by atoms with Gasteiger partial charge in [0.15, 0.2) is 11.7 Å². The normalized spacial score (nSPS) is 43.4. The first-order valence-corrected chi connectivity index (χ1v) is 15.2. The standard InChI is InChI=1S/C32H41NO12/c1-13-22-26(40-9)24-27-30(22,10-19(25(13)33(27)7)29(42-15(3)35)43-16(4)36)20-11-31(44-17(5)37)21(39-8)12-32(24,45-18(6)38)23(20)28(31)41-14(2)34/h10,20-29H,1,11-12H2,2-9H3/t20-,21+,22+,23-,24+,25+,26-,27?,28-,30-,31+,32-/m1/s1. The van der Waals surface area contributed by atoms with Gasteiger partial charge in [-0.2, -0.15) is 0 Å². The predicted octanol–water partition coefficient (Wildman–Crippen LogP) is 1.47. The van der Waals surface area contributed by atoms with Crippen molar-refractivity contribution in [1.29, 1.82) is 0 Å². The summed E-state index contributed by atoms with van der Waals surface area (Å²) in [6.45, 7) is 10.9. The number of ether oxygens (including phenoxy) is 7. The molecule has 45 heavy (non-hydrogen) atoms. The number of carbonyl (C=O) groups excluding carboxylic acids is 5. The number of piperidine rings is 1. The molecule has 0 aromatic heterocycles. The Kier molecular flexibility index (Phi) is 7.30. The molecule has 0 aromatic rings. The van der Waals surface area contributed by atoms with Gasteiger partial charge in [0, 0.05) is 90.0 Å². The van der Waals surface area contributed by atoms with Crippen molar-refractivity contribution in [1.82, 2.24) is 4.90 Å². The summed E-state index contributed by atoms with van der Waals surface area (Å²) in [5.41, 5.74) is -2.18. The monoisotopic (exact) mass is 631 g/mol. The van der Waals surface area contributed by atoms with E-state index >= 15 is 0 Å². The van der Waals surface area contributed by atoms with E-state index in [-0.39, 0.29) is 24.8 Å². The highest BCUT2D eigenvalue weighted by atomic mass is 16.7. The number of esters is 5. The van der Waals surface area contributed by atoms with Crippen LogP contribution in [0, 0.1) is 29.1 Å². The molecular weight excluding hydrogens is 590 g/mol. The van der Waals surface area contributed by atoms with Crippen molar-refractivity contribution < 1.29 is 57.1 Å². The first kappa shape index (κ1) is 31.7. The molecule has 7 aliphatic rings. The number of methoxy groups -OCH3 is 2. The molecule has 4 saturated carbocycles. The largest absolute Gasteiger partial charge is 0.458 e. The first-order chi connectivity index (χ1) is 21.1. The van der Waals surface area contributed by atoms with E-state index in [1.807, 2.05) is 13.1 Å². The van der Waals surface area contributed by atoms with Crippen LogP contribution >= 0.6 is 0 Å². The third-order valence-corrected chi connectivity index (χ3v) is 11.3. The fourth-order valence-corrected chi connectivity index (χ4v) is 10.9. The molecule has 1 saturated heterocycles. The second-order valence-electron chi connectivity index (χ2n) is 13.4. The van der Waals surface area contributed by atoms with Crippen LogP contribution in [-0.4, -0.2) is 104 Å². The summed E-state index contributed by atoms with van der Waals surface area (Å²) in [6.07, 6.45) is -1.23. The number of rotatable bonds is 8. The number of fused-ring (bicyclic) bond motifs is 2. The highest BCUT2D eigenvalue weighted by Gasteiger charge is 2.88. The third-order valence-electron chi connectivity index (χ3n) is 11.3. The summed E-state index contributed by atoms with van der Waals surface area (Å²) in [5.74, 6) is -4.81. The van der Waals surface area contributed by atoms with Crippen molar-refractivity contribution in [2.45, 2.75) is 95.3 Å². The Morgan fingerprint density at radius 3 is 1.96 bits per heavy atom. The number of nitrogens with zero attached hydrogens (tertiary/aromatic N) is 1. The van der Waals surface area contributed by atoms with Crippen LogP contribution in [0.15, 0.2) is 23.8 Å². The maximum atomic E-state index is 13.0. The lowest BCUT2D eigenvalue weighted by molar-refractivity contribution is -0.273. The van der Waals surface area contributed by atoms with Gasteiger partial charge in [0.2, 0.25) is 0 Å². The molecule has 13 nitrogen and oxygen atoms in total. The van der Waals surface area contributed by atoms with E-state index in [4.69, 9.17) is 33.2 Å². The minimum Gasteiger partial charge on any atom is -0.458 e. The Bertz CT molecular complexity index is 1390. The molecule has 5 aliphatic carbocycles. The van der Waals surface area contributed by atoms with Crippen LogP contribution < -0.4 is 0 Å². The average molecular weight is 632 g/mol. The average Bonchev–Trinajstić information content (AvgIpc) is 3.32. The van der Waals surface area contributed by atoms with Gasteiger partial charge in [0.1, 0.15) is 11.7 Å². The van der Waals surface area contributed by atoms with Crippen LogP contribution in [0.4, 0.5) is 0 Å². The molecule has 0 amide bonds. The van der Waals surface area contributed by atoms with Gasteiger partial charge in [0.25, 0.3) is 6.29 Å². The molecule has 246 valence electrons. The molecule has 2 aliphatic heterocycles. The highest BCUT2D eigenvalue weighted by Crippen LogP contribution is 2.79. The Hall–Kier alpha value is -3.29. The molecule has 7 bridgehead atoms. The molecule has 7 rings (SSSR count). The van der Waals surface area contributed by atoms with Crippen LogP contribution in [0.2, 0.25) is 0 Å². The van der Waals surface area contributed by atoms with Crippen LogP contribution in [0.25, 0.3) is 0 Å². The maximum Gasteiger partial charge on any atom is 0.305 e. The second kappa shape index (κ2) is 10.4. The van der Waals surface area contributed by atoms with Crippen LogP contribution in [-0.2, 0) is 57.1 Å². The van der Waals surface area contributed by atoms with Crippen LogP contribution in [0.5, 0.6) is 0 Å². The van der Waals surface area contributed by atoms with Crippen molar-refractivity contribution in [3.05, 3.63) is 23.8 Å². The number of hydrogen-bond donors (Lipinski definition) is 0. The van der Waals surface area contributed by atoms with E-state index in [1.165, 1.54) is 41.7 Å². The lowest BCUT2D eigenvalue weighted by Gasteiger charge is -2.65. The van der Waals surface area contributed by atoms with Gasteiger partial charge in [-0.3, -0.25) is 28.9 Å². The SMILES string of the molecule is C=C1[C@H]2C(C(OC(C)=O)OC(C)=O)=C[C@]34C([C@H]([C@H](OC)[C@H]13)[C@@]1(OC(C)=O)C[C@H](OC)[C@@]3(OC(C)=O)C[C@@H]4[C@@H]1[C@H]3OC(C)=O)N2C. The molecular formula is C32H41NO12.